The zero-order valence-corrected chi connectivity index (χ0v) is 11.7. The van der Waals surface area contributed by atoms with Crippen molar-refractivity contribution in [3.63, 3.8) is 0 Å². The molecular weight excluding hydrogens is 297 g/mol. The molecule has 4 nitrogen and oxygen atoms in total. The van der Waals surface area contributed by atoms with Crippen LogP contribution >= 0.6 is 46.6 Å². The van der Waals surface area contributed by atoms with Crippen LogP contribution in [0.4, 0.5) is 0 Å². The van der Waals surface area contributed by atoms with Crippen molar-refractivity contribution in [3.05, 3.63) is 0 Å². The first-order chi connectivity index (χ1) is 7.29. The molecule has 0 N–H and O–H groups in total. The van der Waals surface area contributed by atoms with Gasteiger partial charge in [-0.15, -0.1) is 11.8 Å². The predicted octanol–water partition coefficient (Wildman–Crippen LogP) is 1.82. The van der Waals surface area contributed by atoms with Gasteiger partial charge in [0.1, 0.15) is 11.4 Å². The lowest BCUT2D eigenvalue weighted by Crippen LogP contribution is -2.48. The molecule has 0 saturated carbocycles. The fraction of sp³-hybridized carbons (Fsp3) is 0.750. The molecule has 1 amide bonds. The first-order valence-corrected chi connectivity index (χ1v) is 6.52. The molecule has 0 radical (unpaired) electrons. The summed E-state index contributed by atoms with van der Waals surface area (Å²) in [6.45, 7) is 1.32. The van der Waals surface area contributed by atoms with E-state index in [0.29, 0.717) is 5.75 Å². The predicted molar refractivity (Wildman–Crippen MR) is 64.9 cm³/mol. The first-order valence-electron chi connectivity index (χ1n) is 4.34. The number of methoxy groups -OCH3 is 1. The summed E-state index contributed by atoms with van der Waals surface area (Å²) < 4.78 is 2.97. The molecule has 0 aromatic carbocycles. The minimum Gasteiger partial charge on any atom is -0.467 e. The van der Waals surface area contributed by atoms with Crippen molar-refractivity contribution in [1.29, 1.82) is 0 Å². The monoisotopic (exact) mass is 305 g/mol. The van der Waals surface area contributed by atoms with E-state index in [9.17, 15) is 9.59 Å². The van der Waals surface area contributed by atoms with Crippen molar-refractivity contribution < 1.29 is 14.3 Å². The number of halogens is 3. The summed E-state index contributed by atoms with van der Waals surface area (Å²) in [7, 11) is 1.26. The summed E-state index contributed by atoms with van der Waals surface area (Å²) in [5.41, 5.74) is 0. The quantitative estimate of drug-likeness (QED) is 0.548. The van der Waals surface area contributed by atoms with Gasteiger partial charge in [-0.25, -0.2) is 4.79 Å². The number of alkyl halides is 3. The smallest absolute Gasteiger partial charge is 0.329 e. The Morgan fingerprint density at radius 1 is 1.44 bits per heavy atom. The van der Waals surface area contributed by atoms with Gasteiger partial charge in [-0.05, 0) is 0 Å². The van der Waals surface area contributed by atoms with Gasteiger partial charge in [0.2, 0.25) is 9.70 Å². The summed E-state index contributed by atoms with van der Waals surface area (Å²) >= 11 is 18.5. The molecule has 1 saturated heterocycles. The lowest BCUT2D eigenvalue weighted by atomic mass is 10.3. The number of rotatable bonds is 1. The van der Waals surface area contributed by atoms with E-state index in [2.05, 4.69) is 4.74 Å². The Hall–Kier alpha value is 0.160. The summed E-state index contributed by atoms with van der Waals surface area (Å²) in [6.07, 6.45) is 0. The molecular formula is C8H10Cl3NO3S. The van der Waals surface area contributed by atoms with Gasteiger partial charge in [0.25, 0.3) is 0 Å². The molecule has 1 aliphatic rings. The molecule has 1 unspecified atom stereocenters. The maximum Gasteiger partial charge on any atom is 0.329 e. The van der Waals surface area contributed by atoms with Crippen molar-refractivity contribution >= 4 is 58.4 Å². The van der Waals surface area contributed by atoms with Crippen molar-refractivity contribution in [1.82, 2.24) is 4.90 Å². The number of carbonyl (C=O) groups is 2. The van der Waals surface area contributed by atoms with E-state index in [1.807, 2.05) is 0 Å². The fourth-order valence-electron chi connectivity index (χ4n) is 1.46. The molecule has 1 aliphatic heterocycles. The van der Waals surface area contributed by atoms with Gasteiger partial charge >= 0.3 is 5.97 Å². The van der Waals surface area contributed by atoms with E-state index in [0.717, 1.165) is 0 Å². The van der Waals surface area contributed by atoms with Crippen LogP contribution < -0.4 is 0 Å². The number of nitrogens with zero attached hydrogens (tertiary/aromatic N) is 1. The largest absolute Gasteiger partial charge is 0.467 e. The second-order valence-corrected chi connectivity index (χ2v) is 6.67. The van der Waals surface area contributed by atoms with Gasteiger partial charge in [0, 0.05) is 12.7 Å². The average Bonchev–Trinajstić information content (AvgIpc) is 2.59. The van der Waals surface area contributed by atoms with Crippen LogP contribution in [-0.2, 0) is 14.3 Å². The van der Waals surface area contributed by atoms with Gasteiger partial charge in [-0.3, -0.25) is 4.79 Å². The van der Waals surface area contributed by atoms with Gasteiger partial charge in [0.05, 0.1) is 7.11 Å². The van der Waals surface area contributed by atoms with Gasteiger partial charge in [-0.1, -0.05) is 34.8 Å². The van der Waals surface area contributed by atoms with Gasteiger partial charge < -0.3 is 9.64 Å². The summed E-state index contributed by atoms with van der Waals surface area (Å²) in [6, 6.07) is -0.687. The van der Waals surface area contributed by atoms with Crippen LogP contribution in [0, 0.1) is 0 Å². The molecule has 1 fully saturated rings. The Kier molecular flexibility index (Phi) is 4.63. The average molecular weight is 307 g/mol. The van der Waals surface area contributed by atoms with E-state index >= 15 is 0 Å². The zero-order chi connectivity index (χ0) is 12.5. The highest BCUT2D eigenvalue weighted by Crippen LogP contribution is 2.44. The Morgan fingerprint density at radius 3 is 2.38 bits per heavy atom. The van der Waals surface area contributed by atoms with Crippen LogP contribution in [-0.4, -0.2) is 44.8 Å². The molecule has 0 aromatic heterocycles. The third-order valence-electron chi connectivity index (χ3n) is 2.12. The molecule has 92 valence electrons. The van der Waals surface area contributed by atoms with Gasteiger partial charge in [-0.2, -0.15) is 0 Å². The highest BCUT2D eigenvalue weighted by Gasteiger charge is 2.49. The van der Waals surface area contributed by atoms with E-state index < -0.39 is 21.2 Å². The zero-order valence-electron chi connectivity index (χ0n) is 8.58. The Labute approximate surface area is 113 Å². The van der Waals surface area contributed by atoms with Crippen LogP contribution in [0.25, 0.3) is 0 Å². The third-order valence-corrected chi connectivity index (χ3v) is 4.53. The number of amides is 1. The summed E-state index contributed by atoms with van der Waals surface area (Å²) in [5.74, 6) is -0.457. The van der Waals surface area contributed by atoms with Crippen LogP contribution in [0.15, 0.2) is 0 Å². The number of carbonyl (C=O) groups excluding carboxylic acids is 2. The molecule has 0 aromatic rings. The number of ether oxygens (including phenoxy) is 1. The van der Waals surface area contributed by atoms with E-state index in [4.69, 9.17) is 34.8 Å². The lowest BCUT2D eigenvalue weighted by molar-refractivity contribution is -0.150. The molecule has 0 bridgehead atoms. The maximum atomic E-state index is 11.5. The molecule has 0 spiro atoms. The topological polar surface area (TPSA) is 46.6 Å². The van der Waals surface area contributed by atoms with E-state index in [1.54, 1.807) is 0 Å². The van der Waals surface area contributed by atoms with Crippen molar-refractivity contribution in [2.75, 3.05) is 12.9 Å². The van der Waals surface area contributed by atoms with Gasteiger partial charge in [0.15, 0.2) is 0 Å². The minimum atomic E-state index is -1.63. The second-order valence-electron chi connectivity index (χ2n) is 3.19. The van der Waals surface area contributed by atoms with Crippen LogP contribution in [0.1, 0.15) is 6.92 Å². The standard InChI is InChI=1S/C8H10Cl3NO3S/c1-4(13)12-5(6(14)15-2)3-16-7(12)8(9,10)11/h5,7H,3H2,1-2H3/t5-,7?/m0/s1. The normalized spacial score (nSPS) is 25.7. The Morgan fingerprint density at radius 2 is 2.00 bits per heavy atom. The third kappa shape index (κ3) is 2.88. The van der Waals surface area contributed by atoms with Crippen molar-refractivity contribution in [2.45, 2.75) is 22.1 Å². The summed E-state index contributed by atoms with van der Waals surface area (Å²) in [4.78, 5) is 24.2. The number of hydrogen-bond acceptors (Lipinski definition) is 4. The number of esters is 1. The summed E-state index contributed by atoms with van der Waals surface area (Å²) in [5, 5.41) is -0.668. The van der Waals surface area contributed by atoms with Crippen LogP contribution in [0.3, 0.4) is 0 Å². The molecule has 1 heterocycles. The molecule has 16 heavy (non-hydrogen) atoms. The molecule has 2 atom stereocenters. The van der Waals surface area contributed by atoms with Crippen molar-refractivity contribution in [2.24, 2.45) is 0 Å². The highest BCUT2D eigenvalue weighted by molar-refractivity contribution is 8.00. The molecule has 8 heteroatoms. The molecule has 1 rings (SSSR count). The van der Waals surface area contributed by atoms with Crippen molar-refractivity contribution in [3.8, 4) is 0 Å². The fourth-order valence-corrected chi connectivity index (χ4v) is 3.65. The number of thioether (sulfide) groups is 1. The lowest BCUT2D eigenvalue weighted by Gasteiger charge is -2.30. The molecule has 0 aliphatic carbocycles. The Balaban J connectivity index is 2.94. The van der Waals surface area contributed by atoms with Crippen LogP contribution in [0.2, 0.25) is 0 Å². The highest BCUT2D eigenvalue weighted by atomic mass is 35.6. The van der Waals surface area contributed by atoms with E-state index in [1.165, 1.54) is 30.7 Å². The second kappa shape index (κ2) is 5.21. The van der Waals surface area contributed by atoms with Crippen LogP contribution in [0.5, 0.6) is 0 Å². The first kappa shape index (κ1) is 14.2. The Bertz CT molecular complexity index is 307. The minimum absolute atomic E-state index is 0.322. The maximum absolute atomic E-state index is 11.5. The SMILES string of the molecule is COC(=O)[C@@H]1CSC(C(Cl)(Cl)Cl)N1C(C)=O. The van der Waals surface area contributed by atoms with E-state index in [-0.39, 0.29) is 5.91 Å². The number of hydrogen-bond donors (Lipinski definition) is 0.